The molecule has 5 nitrogen and oxygen atoms in total. The summed E-state index contributed by atoms with van der Waals surface area (Å²) in [7, 11) is 0. The number of rotatable bonds is 5. The minimum absolute atomic E-state index is 0.227. The number of fused-ring (bicyclic) bond motifs is 1. The van der Waals surface area contributed by atoms with Crippen LogP contribution in [0.5, 0.6) is 5.75 Å². The van der Waals surface area contributed by atoms with E-state index in [1.807, 2.05) is 12.1 Å². The zero-order chi connectivity index (χ0) is 15.5. The van der Waals surface area contributed by atoms with Crippen molar-refractivity contribution in [1.29, 1.82) is 0 Å². The van der Waals surface area contributed by atoms with Crippen LogP contribution in [0.25, 0.3) is 10.9 Å². The van der Waals surface area contributed by atoms with Crippen molar-refractivity contribution in [1.82, 2.24) is 4.98 Å². The fourth-order valence-electron chi connectivity index (χ4n) is 2.28. The molecule has 3 aromatic rings. The normalized spacial score (nSPS) is 10.5. The summed E-state index contributed by atoms with van der Waals surface area (Å²) < 4.78 is 5.69. The summed E-state index contributed by atoms with van der Waals surface area (Å²) in [6, 6.07) is 11.9. The van der Waals surface area contributed by atoms with Crippen molar-refractivity contribution in [3.63, 3.8) is 0 Å². The van der Waals surface area contributed by atoms with Gasteiger partial charge in [-0.05, 0) is 35.9 Å². The molecule has 1 aromatic heterocycles. The molecule has 110 valence electrons. The molecule has 0 aliphatic carbocycles. The van der Waals surface area contributed by atoms with Crippen molar-refractivity contribution in [2.24, 2.45) is 0 Å². The maximum absolute atomic E-state index is 11.3. The van der Waals surface area contributed by atoms with Gasteiger partial charge in [0.2, 0.25) is 0 Å². The molecule has 0 spiro atoms. The lowest BCUT2D eigenvalue weighted by Crippen LogP contribution is -2.00. The Balaban J connectivity index is 1.81. The van der Waals surface area contributed by atoms with Crippen LogP contribution in [0.4, 0.5) is 0 Å². The Morgan fingerprint density at radius 1 is 1.14 bits per heavy atom. The third-order valence-electron chi connectivity index (χ3n) is 3.44. The molecule has 0 fully saturated rings. The number of hydrogen-bond acceptors (Lipinski definition) is 3. The van der Waals surface area contributed by atoms with E-state index >= 15 is 0 Å². The maximum atomic E-state index is 11.3. The van der Waals surface area contributed by atoms with E-state index in [2.05, 4.69) is 4.98 Å². The first kappa shape index (κ1) is 13.9. The molecule has 2 N–H and O–H groups in total. The smallest absolute Gasteiger partial charge is 0.335 e. The van der Waals surface area contributed by atoms with Crippen LogP contribution in [0, 0.1) is 0 Å². The molecular formula is C17H13NO4. The minimum Gasteiger partial charge on any atom is -0.488 e. The third kappa shape index (κ3) is 2.56. The van der Waals surface area contributed by atoms with Crippen LogP contribution in [-0.4, -0.2) is 22.3 Å². The summed E-state index contributed by atoms with van der Waals surface area (Å²) in [4.78, 5) is 25.1. The predicted molar refractivity (Wildman–Crippen MR) is 81.4 cm³/mol. The van der Waals surface area contributed by atoms with Crippen LogP contribution in [0.3, 0.4) is 0 Å². The van der Waals surface area contributed by atoms with Crippen molar-refractivity contribution in [3.05, 3.63) is 65.4 Å². The second-order valence-electron chi connectivity index (χ2n) is 4.83. The molecule has 0 aliphatic heterocycles. The molecule has 2 aromatic carbocycles. The van der Waals surface area contributed by atoms with Crippen molar-refractivity contribution >= 4 is 23.2 Å². The van der Waals surface area contributed by atoms with Crippen LogP contribution in [0.1, 0.15) is 26.3 Å². The highest BCUT2D eigenvalue weighted by Gasteiger charge is 2.09. The van der Waals surface area contributed by atoms with Crippen LogP contribution in [0.15, 0.2) is 48.7 Å². The van der Waals surface area contributed by atoms with Gasteiger partial charge in [0, 0.05) is 11.6 Å². The molecular weight excluding hydrogens is 282 g/mol. The number of nitrogens with one attached hydrogen (secondary N) is 1. The summed E-state index contributed by atoms with van der Waals surface area (Å²) in [5, 5.41) is 9.80. The van der Waals surface area contributed by atoms with Crippen LogP contribution in [0.2, 0.25) is 0 Å². The number of carbonyl (C=O) groups is 2. The SMILES string of the molecule is O=Cc1c(OCc2ccc(C(=O)O)cc2)ccc2cc[nH]c12. The number of aromatic amines is 1. The second kappa shape index (κ2) is 5.73. The first-order valence-corrected chi connectivity index (χ1v) is 6.69. The molecule has 5 heteroatoms. The van der Waals surface area contributed by atoms with E-state index in [4.69, 9.17) is 9.84 Å². The second-order valence-corrected chi connectivity index (χ2v) is 4.83. The summed E-state index contributed by atoms with van der Waals surface area (Å²) in [5.74, 6) is -0.472. The molecule has 1 heterocycles. The first-order chi connectivity index (χ1) is 10.7. The largest absolute Gasteiger partial charge is 0.488 e. The monoisotopic (exact) mass is 295 g/mol. The Morgan fingerprint density at radius 2 is 1.91 bits per heavy atom. The van der Waals surface area contributed by atoms with E-state index in [1.165, 1.54) is 12.1 Å². The molecule has 3 rings (SSSR count). The lowest BCUT2D eigenvalue weighted by atomic mass is 10.1. The van der Waals surface area contributed by atoms with Crippen LogP contribution >= 0.6 is 0 Å². The molecule has 0 unspecified atom stereocenters. The third-order valence-corrected chi connectivity index (χ3v) is 3.44. The van der Waals surface area contributed by atoms with Gasteiger partial charge in [0.15, 0.2) is 6.29 Å². The summed E-state index contributed by atoms with van der Waals surface area (Å²) in [6.07, 6.45) is 2.54. The number of carboxylic acid groups (broad SMARTS) is 1. The first-order valence-electron chi connectivity index (χ1n) is 6.69. The zero-order valence-electron chi connectivity index (χ0n) is 11.6. The van der Waals surface area contributed by atoms with E-state index in [-0.39, 0.29) is 12.2 Å². The van der Waals surface area contributed by atoms with Gasteiger partial charge in [-0.1, -0.05) is 12.1 Å². The summed E-state index contributed by atoms with van der Waals surface area (Å²) in [6.45, 7) is 0.257. The Kier molecular flexibility index (Phi) is 3.62. The quantitative estimate of drug-likeness (QED) is 0.708. The standard InChI is InChI=1S/C17H13NO4/c19-9-14-15(6-5-12-7-8-18-16(12)14)22-10-11-1-3-13(4-2-11)17(20)21/h1-9,18H,10H2,(H,20,21). The van der Waals surface area contributed by atoms with Crippen LogP contribution < -0.4 is 4.74 Å². The Labute approximate surface area is 126 Å². The Hall–Kier alpha value is -3.08. The summed E-state index contributed by atoms with van der Waals surface area (Å²) >= 11 is 0. The lowest BCUT2D eigenvalue weighted by Gasteiger charge is -2.09. The van der Waals surface area contributed by atoms with E-state index in [0.717, 1.165) is 22.8 Å². The van der Waals surface area contributed by atoms with Gasteiger partial charge in [0.25, 0.3) is 0 Å². The number of aromatic nitrogens is 1. The van der Waals surface area contributed by atoms with Gasteiger partial charge in [-0.15, -0.1) is 0 Å². The number of benzene rings is 2. The van der Waals surface area contributed by atoms with E-state index in [9.17, 15) is 9.59 Å². The predicted octanol–water partition coefficient (Wildman–Crippen LogP) is 3.26. The van der Waals surface area contributed by atoms with Crippen molar-refractivity contribution in [2.75, 3.05) is 0 Å². The number of hydrogen-bond donors (Lipinski definition) is 2. The molecule has 22 heavy (non-hydrogen) atoms. The van der Waals surface area contributed by atoms with Crippen LogP contribution in [-0.2, 0) is 6.61 Å². The molecule has 0 aliphatic rings. The average Bonchev–Trinajstić information content (AvgIpc) is 3.01. The van der Waals surface area contributed by atoms with Gasteiger partial charge in [-0.25, -0.2) is 4.79 Å². The number of carboxylic acids is 1. The fourth-order valence-corrected chi connectivity index (χ4v) is 2.28. The van der Waals surface area contributed by atoms with Crippen molar-refractivity contribution < 1.29 is 19.4 Å². The van der Waals surface area contributed by atoms with Crippen molar-refractivity contribution in [3.8, 4) is 5.75 Å². The number of ether oxygens (including phenoxy) is 1. The van der Waals surface area contributed by atoms with E-state index in [0.29, 0.717) is 11.3 Å². The van der Waals surface area contributed by atoms with Gasteiger partial charge >= 0.3 is 5.97 Å². The summed E-state index contributed by atoms with van der Waals surface area (Å²) in [5.41, 5.74) is 2.27. The Bertz CT molecular complexity index is 833. The topological polar surface area (TPSA) is 79.4 Å². The lowest BCUT2D eigenvalue weighted by molar-refractivity contribution is 0.0696. The van der Waals surface area contributed by atoms with E-state index in [1.54, 1.807) is 24.4 Å². The molecule has 0 bridgehead atoms. The van der Waals surface area contributed by atoms with E-state index < -0.39 is 5.97 Å². The minimum atomic E-state index is -0.965. The molecule has 0 saturated carbocycles. The molecule has 0 amide bonds. The zero-order valence-corrected chi connectivity index (χ0v) is 11.6. The number of aldehydes is 1. The van der Waals surface area contributed by atoms with Gasteiger partial charge in [0.1, 0.15) is 12.4 Å². The van der Waals surface area contributed by atoms with Gasteiger partial charge < -0.3 is 14.8 Å². The molecule has 0 saturated heterocycles. The van der Waals surface area contributed by atoms with Crippen molar-refractivity contribution in [2.45, 2.75) is 6.61 Å². The Morgan fingerprint density at radius 3 is 2.59 bits per heavy atom. The van der Waals surface area contributed by atoms with Gasteiger partial charge in [-0.2, -0.15) is 0 Å². The number of H-pyrrole nitrogens is 1. The highest BCUT2D eigenvalue weighted by atomic mass is 16.5. The highest BCUT2D eigenvalue weighted by Crippen LogP contribution is 2.26. The van der Waals surface area contributed by atoms with Gasteiger partial charge in [-0.3, -0.25) is 4.79 Å². The highest BCUT2D eigenvalue weighted by molar-refractivity contribution is 5.98. The molecule has 0 atom stereocenters. The molecule has 0 radical (unpaired) electrons. The number of aromatic carboxylic acids is 1. The van der Waals surface area contributed by atoms with Gasteiger partial charge in [0.05, 0.1) is 16.6 Å². The maximum Gasteiger partial charge on any atom is 0.335 e. The average molecular weight is 295 g/mol. The number of carbonyl (C=O) groups excluding carboxylic acids is 1. The fraction of sp³-hybridized carbons (Fsp3) is 0.0588.